The van der Waals surface area contributed by atoms with Gasteiger partial charge in [0.2, 0.25) is 0 Å². The van der Waals surface area contributed by atoms with Gasteiger partial charge >= 0.3 is 17.9 Å². The van der Waals surface area contributed by atoms with E-state index in [4.69, 9.17) is 18.9 Å². The lowest BCUT2D eigenvalue weighted by Gasteiger charge is -2.25. The Kier molecular flexibility index (Phi) is 83.5. The van der Waals surface area contributed by atoms with E-state index in [0.717, 1.165) is 44.9 Å². The Hall–Kier alpha value is -2.23. The summed E-state index contributed by atoms with van der Waals surface area (Å²) in [7, 11) is 6.01. The molecule has 0 heterocycles. The van der Waals surface area contributed by atoms with Crippen LogP contribution in [0.2, 0.25) is 0 Å². The summed E-state index contributed by atoms with van der Waals surface area (Å²) < 4.78 is 23.1. The van der Waals surface area contributed by atoms with Crippen molar-refractivity contribution in [1.82, 2.24) is 0 Å². The number of rotatable bonds is 89. The van der Waals surface area contributed by atoms with Crippen LogP contribution in [0.5, 0.6) is 0 Å². The molecular formula is C94H182NO8+. The molecule has 0 aromatic heterocycles. The smallest absolute Gasteiger partial charge is 0.361 e. The second kappa shape index (κ2) is 85.4. The minimum Gasteiger partial charge on any atom is -0.477 e. The van der Waals surface area contributed by atoms with Gasteiger partial charge in [-0.05, 0) is 44.9 Å². The average Bonchev–Trinajstić information content (AvgIpc) is 1.01. The Labute approximate surface area is 643 Å². The fourth-order valence-electron chi connectivity index (χ4n) is 14.6. The van der Waals surface area contributed by atoms with Gasteiger partial charge in [-0.1, -0.05) is 468 Å². The zero-order chi connectivity index (χ0) is 74.6. The molecule has 9 heteroatoms. The molecule has 0 saturated carbocycles. The quantitative estimate of drug-likeness (QED) is 0.0211. The maximum absolute atomic E-state index is 13.0. The van der Waals surface area contributed by atoms with Gasteiger partial charge in [0.25, 0.3) is 6.29 Å². The van der Waals surface area contributed by atoms with E-state index in [9.17, 15) is 19.5 Å². The summed E-state index contributed by atoms with van der Waals surface area (Å²) >= 11 is 0. The number of carboxylic acids is 1. The molecule has 2 unspecified atom stereocenters. The van der Waals surface area contributed by atoms with Crippen molar-refractivity contribution in [3.63, 3.8) is 0 Å². The number of hydrogen-bond donors (Lipinski definition) is 1. The van der Waals surface area contributed by atoms with Gasteiger partial charge in [-0.3, -0.25) is 9.59 Å². The molecule has 0 amide bonds. The molecule has 0 bridgehead atoms. The molecule has 0 radical (unpaired) electrons. The predicted octanol–water partition coefficient (Wildman–Crippen LogP) is 30.4. The first-order chi connectivity index (χ1) is 50.6. The maximum atomic E-state index is 13.0. The van der Waals surface area contributed by atoms with Crippen molar-refractivity contribution in [2.24, 2.45) is 0 Å². The summed E-state index contributed by atoms with van der Waals surface area (Å²) in [5.74, 6) is -1.96. The van der Waals surface area contributed by atoms with Gasteiger partial charge in [0.15, 0.2) is 6.10 Å². The Balaban J connectivity index is 3.86. The standard InChI is InChI=1S/C94H181NO8/c1-6-8-10-12-14-16-18-20-22-24-26-28-30-32-34-36-38-40-42-44-45-46-47-49-51-53-55-57-59-61-63-65-67-69-71-73-75-77-79-81-83-85-92(97)103-90(89-102-94(93(98)99)100-87-86-95(3,4)5)88-101-91(96)84-82-80-78-76-74-72-70-68-66-64-62-60-58-56-54-52-50-48-43-41-39-37-35-33-31-29-27-25-23-21-19-17-15-13-11-9-7-2/h18,20,24,26,90,94H,6-17,19,21-23,25,27-89H2,1-5H3/p+1/b20-18-,26-24-. The first-order valence-electron chi connectivity index (χ1n) is 46.5. The molecule has 0 saturated heterocycles. The van der Waals surface area contributed by atoms with Gasteiger partial charge in [0.1, 0.15) is 13.2 Å². The molecule has 2 atom stereocenters. The number of likely N-dealkylation sites (N-methyl/N-ethyl adjacent to an activating group) is 1. The molecule has 0 spiro atoms. The van der Waals surface area contributed by atoms with E-state index >= 15 is 0 Å². The normalized spacial score (nSPS) is 12.6. The Bertz CT molecular complexity index is 1740. The molecule has 103 heavy (non-hydrogen) atoms. The van der Waals surface area contributed by atoms with Crippen LogP contribution >= 0.6 is 0 Å². The van der Waals surface area contributed by atoms with Crippen molar-refractivity contribution in [1.29, 1.82) is 0 Å². The first-order valence-corrected chi connectivity index (χ1v) is 46.5. The van der Waals surface area contributed by atoms with Crippen LogP contribution in [-0.4, -0.2) is 87.4 Å². The Morgan fingerprint density at radius 2 is 0.524 bits per heavy atom. The number of carboxylic acid groups (broad SMARTS) is 1. The number of quaternary nitrogens is 1. The number of carbonyl (C=O) groups excluding carboxylic acids is 2. The number of ether oxygens (including phenoxy) is 4. The molecule has 0 rings (SSSR count). The molecule has 0 aromatic rings. The van der Waals surface area contributed by atoms with E-state index in [-0.39, 0.29) is 38.2 Å². The van der Waals surface area contributed by atoms with Crippen LogP contribution in [-0.2, 0) is 33.3 Å². The Morgan fingerprint density at radius 1 is 0.291 bits per heavy atom. The molecule has 9 nitrogen and oxygen atoms in total. The van der Waals surface area contributed by atoms with Crippen LogP contribution in [0.4, 0.5) is 0 Å². The number of nitrogens with zero attached hydrogens (tertiary/aromatic N) is 1. The number of aliphatic carboxylic acids is 1. The lowest BCUT2D eigenvalue weighted by atomic mass is 10.0. The van der Waals surface area contributed by atoms with Crippen molar-refractivity contribution in [3.8, 4) is 0 Å². The maximum Gasteiger partial charge on any atom is 0.361 e. The largest absolute Gasteiger partial charge is 0.477 e. The van der Waals surface area contributed by atoms with Crippen LogP contribution in [0, 0.1) is 0 Å². The van der Waals surface area contributed by atoms with E-state index in [1.165, 1.54) is 430 Å². The minimum atomic E-state index is -1.51. The second-order valence-electron chi connectivity index (χ2n) is 33.3. The van der Waals surface area contributed by atoms with Gasteiger partial charge in [-0.15, -0.1) is 0 Å². The van der Waals surface area contributed by atoms with Crippen LogP contribution in [0.25, 0.3) is 0 Å². The van der Waals surface area contributed by atoms with Crippen molar-refractivity contribution in [2.75, 3.05) is 47.5 Å². The van der Waals surface area contributed by atoms with E-state index in [0.29, 0.717) is 17.4 Å². The third kappa shape index (κ3) is 86.9. The second-order valence-corrected chi connectivity index (χ2v) is 33.3. The highest BCUT2D eigenvalue weighted by molar-refractivity contribution is 5.71. The summed E-state index contributed by atoms with van der Waals surface area (Å²) in [5, 5.41) is 9.80. The number of esters is 2. The third-order valence-corrected chi connectivity index (χ3v) is 21.7. The fraction of sp³-hybridized carbons (Fsp3) is 0.926. The van der Waals surface area contributed by atoms with Gasteiger partial charge in [0.05, 0.1) is 34.4 Å². The van der Waals surface area contributed by atoms with Crippen LogP contribution in [0.15, 0.2) is 24.3 Å². The van der Waals surface area contributed by atoms with Gasteiger partial charge in [-0.2, -0.15) is 0 Å². The molecule has 0 aliphatic rings. The van der Waals surface area contributed by atoms with E-state index < -0.39 is 18.4 Å². The van der Waals surface area contributed by atoms with Crippen LogP contribution in [0.3, 0.4) is 0 Å². The summed E-state index contributed by atoms with van der Waals surface area (Å²) in [5.41, 5.74) is 0. The van der Waals surface area contributed by atoms with E-state index in [2.05, 4.69) is 38.2 Å². The summed E-state index contributed by atoms with van der Waals surface area (Å²) in [6.07, 6.45) is 108. The monoisotopic (exact) mass is 1450 g/mol. The van der Waals surface area contributed by atoms with Crippen LogP contribution < -0.4 is 0 Å². The zero-order valence-electron chi connectivity index (χ0n) is 70.3. The summed E-state index contributed by atoms with van der Waals surface area (Å²) in [4.78, 5) is 37.8. The van der Waals surface area contributed by atoms with Crippen molar-refractivity contribution < 1.29 is 42.9 Å². The summed E-state index contributed by atoms with van der Waals surface area (Å²) in [6, 6.07) is 0. The number of allylic oxidation sites excluding steroid dienone is 4. The highest BCUT2D eigenvalue weighted by Crippen LogP contribution is 2.22. The average molecular weight is 1450 g/mol. The van der Waals surface area contributed by atoms with Gasteiger partial charge in [-0.25, -0.2) is 4.79 Å². The molecular weight excluding hydrogens is 1270 g/mol. The molecule has 0 aromatic carbocycles. The summed E-state index contributed by atoms with van der Waals surface area (Å²) in [6.45, 7) is 4.97. The lowest BCUT2D eigenvalue weighted by Crippen LogP contribution is -2.40. The predicted molar refractivity (Wildman–Crippen MR) is 448 cm³/mol. The third-order valence-electron chi connectivity index (χ3n) is 21.7. The fourth-order valence-corrected chi connectivity index (χ4v) is 14.6. The minimum absolute atomic E-state index is 0.173. The molecule has 0 fully saturated rings. The van der Waals surface area contributed by atoms with Gasteiger partial charge in [0, 0.05) is 12.8 Å². The highest BCUT2D eigenvalue weighted by atomic mass is 16.7. The lowest BCUT2D eigenvalue weighted by molar-refractivity contribution is -0.870. The van der Waals surface area contributed by atoms with Crippen LogP contribution in [0.1, 0.15) is 502 Å². The zero-order valence-corrected chi connectivity index (χ0v) is 70.3. The number of hydrogen-bond acceptors (Lipinski definition) is 7. The molecule has 610 valence electrons. The molecule has 0 aliphatic heterocycles. The van der Waals surface area contributed by atoms with Gasteiger partial charge < -0.3 is 28.5 Å². The number of carbonyl (C=O) groups is 3. The Morgan fingerprint density at radius 3 is 0.767 bits per heavy atom. The first kappa shape index (κ1) is 101. The van der Waals surface area contributed by atoms with Crippen molar-refractivity contribution in [3.05, 3.63) is 24.3 Å². The molecule has 1 N–H and O–H groups in total. The number of unbranched alkanes of at least 4 members (excludes halogenated alkanes) is 70. The topological polar surface area (TPSA) is 108 Å². The van der Waals surface area contributed by atoms with E-state index in [1.54, 1.807) is 0 Å². The van der Waals surface area contributed by atoms with Crippen molar-refractivity contribution >= 4 is 17.9 Å². The van der Waals surface area contributed by atoms with Crippen molar-refractivity contribution in [2.45, 2.75) is 514 Å². The SMILES string of the molecule is CCCCCCC/C=C\C/C=C\CCCCCCCCCCCCCCCCCCCCCCCCCCCCCCCC(=O)OC(COC(=O)CCCCCCCCCCCCCCCCCCCCCCCCCCCCCCCCCCCCCCC)COC(OCC[N+](C)(C)C)C(=O)O. The highest BCUT2D eigenvalue weighted by Gasteiger charge is 2.25. The molecule has 0 aliphatic carbocycles. The van der Waals surface area contributed by atoms with E-state index in [1.807, 2.05) is 21.1 Å².